The second kappa shape index (κ2) is 44.8. The number of carboxylic acid groups (broad SMARTS) is 2. The third-order valence-electron chi connectivity index (χ3n) is 12.9. The summed E-state index contributed by atoms with van der Waals surface area (Å²) in [6, 6.07) is -19.1. The van der Waals surface area contributed by atoms with Crippen molar-refractivity contribution in [2.75, 3.05) is 62.4 Å². The summed E-state index contributed by atoms with van der Waals surface area (Å²) < 4.78 is 0. The molecule has 0 fully saturated rings. The first-order valence-corrected chi connectivity index (χ1v) is 32.5. The van der Waals surface area contributed by atoms with E-state index in [9.17, 15) is 97.8 Å². The van der Waals surface area contributed by atoms with Gasteiger partial charge >= 0.3 is 11.9 Å². The van der Waals surface area contributed by atoms with E-state index in [0.717, 1.165) is 6.92 Å². The first kappa shape index (κ1) is 82.4. The summed E-state index contributed by atoms with van der Waals surface area (Å²) >= 11 is 3.72. The Hall–Kier alpha value is -6.61. The molecule has 89 heavy (non-hydrogen) atoms. The van der Waals surface area contributed by atoms with Crippen molar-refractivity contribution in [1.29, 1.82) is 0 Å². The van der Waals surface area contributed by atoms with Crippen molar-refractivity contribution in [3.8, 4) is 0 Å². The molecule has 37 heteroatoms. The van der Waals surface area contributed by atoms with Gasteiger partial charge in [-0.3, -0.25) is 62.3 Å². The maximum atomic E-state index is 14.2. The van der Waals surface area contributed by atoms with Gasteiger partial charge in [-0.1, -0.05) is 13.8 Å². The lowest BCUT2D eigenvalue weighted by Crippen LogP contribution is -2.62. The minimum absolute atomic E-state index is 0.0207. The zero-order valence-corrected chi connectivity index (χ0v) is 53.4. The van der Waals surface area contributed by atoms with Crippen molar-refractivity contribution in [2.24, 2.45) is 23.1 Å². The number of thioether (sulfide) groups is 3. The summed E-state index contributed by atoms with van der Waals surface area (Å²) in [5.41, 5.74) is 16.5. The second-order valence-electron chi connectivity index (χ2n) is 20.9. The molecule has 12 amide bonds. The number of carbonyl (C=O) groups is 14. The number of nitrogens with one attached hydrogen (secondary N) is 11. The van der Waals surface area contributed by atoms with Gasteiger partial charge in [0.2, 0.25) is 70.9 Å². The summed E-state index contributed by atoms with van der Waals surface area (Å²) in [5.74, 6) is -15.5. The number of hydrogen-bond donors (Lipinski definition) is 20. The minimum atomic E-state index is -1.91. The van der Waals surface area contributed by atoms with E-state index in [4.69, 9.17) is 17.2 Å². The Bertz CT molecular complexity index is 2360. The molecule has 0 saturated carbocycles. The third kappa shape index (κ3) is 32.6. The Kier molecular flexibility index (Phi) is 41.4. The Morgan fingerprint density at radius 1 is 0.416 bits per heavy atom. The van der Waals surface area contributed by atoms with Crippen molar-refractivity contribution in [3.63, 3.8) is 0 Å². The molecule has 0 aromatic heterocycles. The lowest BCUT2D eigenvalue weighted by molar-refractivity contribution is -0.143. The molecule has 0 radical (unpaired) electrons. The van der Waals surface area contributed by atoms with E-state index in [0.29, 0.717) is 12.8 Å². The maximum absolute atomic E-state index is 14.2. The van der Waals surface area contributed by atoms with Gasteiger partial charge in [0.15, 0.2) is 0 Å². The normalized spacial score (nSPS) is 15.5. The van der Waals surface area contributed by atoms with Crippen LogP contribution in [-0.4, -0.2) is 254 Å². The molecule has 0 aliphatic heterocycles. The molecular formula is C52H92N14O20S3. The van der Waals surface area contributed by atoms with Crippen molar-refractivity contribution >= 4 is 118 Å². The number of aliphatic hydroxyl groups is 4. The van der Waals surface area contributed by atoms with Gasteiger partial charge in [0.05, 0.1) is 38.4 Å². The van der Waals surface area contributed by atoms with Crippen LogP contribution in [0, 0.1) is 5.92 Å². The fourth-order valence-electron chi connectivity index (χ4n) is 7.90. The smallest absolute Gasteiger partial charge is 0.326 e. The van der Waals surface area contributed by atoms with Crippen molar-refractivity contribution in [1.82, 2.24) is 58.5 Å². The number of rotatable bonds is 47. The van der Waals surface area contributed by atoms with Crippen LogP contribution < -0.4 is 75.7 Å². The summed E-state index contributed by atoms with van der Waals surface area (Å²) in [4.78, 5) is 185. The van der Waals surface area contributed by atoms with E-state index >= 15 is 0 Å². The fraction of sp³-hybridized carbons (Fsp3) is 0.731. The molecular weight excluding hydrogens is 1240 g/mol. The van der Waals surface area contributed by atoms with E-state index in [2.05, 4.69) is 58.5 Å². The Morgan fingerprint density at radius 2 is 0.742 bits per heavy atom. The second-order valence-corrected chi connectivity index (χ2v) is 23.8. The molecule has 0 aliphatic rings. The average Bonchev–Trinajstić information content (AvgIpc) is 3.68. The predicted molar refractivity (Wildman–Crippen MR) is 327 cm³/mol. The van der Waals surface area contributed by atoms with Crippen LogP contribution in [0.4, 0.5) is 0 Å². The minimum Gasteiger partial charge on any atom is -0.481 e. The van der Waals surface area contributed by atoms with E-state index in [1.165, 1.54) is 42.2 Å². The van der Waals surface area contributed by atoms with Crippen molar-refractivity contribution in [2.45, 2.75) is 171 Å². The van der Waals surface area contributed by atoms with Gasteiger partial charge in [0.1, 0.15) is 66.5 Å². The van der Waals surface area contributed by atoms with Crippen LogP contribution in [0.25, 0.3) is 0 Å². The zero-order chi connectivity index (χ0) is 68.1. The molecule has 0 bridgehead atoms. The van der Waals surface area contributed by atoms with E-state index < -0.39 is 201 Å². The summed E-state index contributed by atoms with van der Waals surface area (Å²) in [6.07, 6.45) is 1.34. The number of aliphatic hydroxyl groups excluding tert-OH is 4. The van der Waals surface area contributed by atoms with Gasteiger partial charge in [-0.25, -0.2) is 4.79 Å². The number of hydrogen-bond acceptors (Lipinski definition) is 23. The van der Waals surface area contributed by atoms with Gasteiger partial charge in [0.25, 0.3) is 0 Å². The largest absolute Gasteiger partial charge is 0.481 e. The maximum Gasteiger partial charge on any atom is 0.326 e. The van der Waals surface area contributed by atoms with Crippen LogP contribution in [0.15, 0.2) is 0 Å². The molecule has 0 heterocycles. The molecule has 508 valence electrons. The average molecular weight is 1330 g/mol. The van der Waals surface area contributed by atoms with Crippen LogP contribution in [0.3, 0.4) is 0 Å². The first-order chi connectivity index (χ1) is 41.9. The van der Waals surface area contributed by atoms with Crippen LogP contribution in [0.5, 0.6) is 0 Å². The third-order valence-corrected chi connectivity index (χ3v) is 14.8. The van der Waals surface area contributed by atoms with E-state index in [1.807, 2.05) is 0 Å². The number of carboxylic acids is 2. The first-order valence-electron chi connectivity index (χ1n) is 28.4. The van der Waals surface area contributed by atoms with Gasteiger partial charge in [-0.2, -0.15) is 35.3 Å². The highest BCUT2D eigenvalue weighted by Crippen LogP contribution is 2.12. The molecule has 0 unspecified atom stereocenters. The Balaban J connectivity index is 6.76. The topological polar surface area (TPSA) is 571 Å². The molecule has 0 spiro atoms. The molecule has 0 aromatic rings. The van der Waals surface area contributed by atoms with Crippen LogP contribution in [0.1, 0.15) is 91.9 Å². The van der Waals surface area contributed by atoms with Gasteiger partial charge in [-0.15, -0.1) is 0 Å². The molecule has 0 aliphatic carbocycles. The summed E-state index contributed by atoms with van der Waals surface area (Å²) in [7, 11) is 0. The van der Waals surface area contributed by atoms with E-state index in [-0.39, 0.29) is 61.8 Å². The highest BCUT2D eigenvalue weighted by atomic mass is 32.2. The van der Waals surface area contributed by atoms with Crippen LogP contribution in [-0.2, 0) is 67.1 Å². The number of nitrogens with two attached hydrogens (primary N) is 3. The fourth-order valence-corrected chi connectivity index (χ4v) is 9.31. The molecule has 34 nitrogen and oxygen atoms in total. The number of amides is 12. The van der Waals surface area contributed by atoms with E-state index in [1.54, 1.807) is 32.6 Å². The number of aliphatic carboxylic acids is 2. The molecule has 0 saturated heterocycles. The van der Waals surface area contributed by atoms with Gasteiger partial charge < -0.3 is 106 Å². The lowest BCUT2D eigenvalue weighted by atomic mass is 10.0. The molecule has 13 atom stereocenters. The highest BCUT2D eigenvalue weighted by Gasteiger charge is 2.38. The highest BCUT2D eigenvalue weighted by molar-refractivity contribution is 7.99. The van der Waals surface area contributed by atoms with Crippen molar-refractivity contribution in [3.05, 3.63) is 0 Å². The standard InChI is InChI=1S/C52H92N14O20S3/c1-25(2)20-33(46(79)57-30(14-18-88-6)44(77)64-37(24-69)50(83)65-36(23-68)49(82)60-32(52(85)86)10-8-9-16-53)61-42(75)28(11-12-39(72)73)56-43(76)29(13-17-87-5)58-47(80)34(21-38(55)71)62-51(84)40(27(4)70)66-45(78)31(15-19-89-7)59-48(81)35(22-67)63-41(74)26(3)54/h25-37,40,67-70H,8-24,53-54H2,1-7H3,(H2,55,71)(H,56,76)(H,57,79)(H,58,80)(H,59,81)(H,60,82)(H,61,75)(H,62,84)(H,63,74)(H,64,77)(H,65,83)(H,66,78)(H,72,73)(H,85,86)/t26-,27+,28-,29-,30-,31-,32-,33-,34-,35-,36-,37-,40-/m0/s1. The lowest BCUT2D eigenvalue weighted by Gasteiger charge is -2.29. The number of primary amides is 1. The van der Waals surface area contributed by atoms with Gasteiger partial charge in [-0.05, 0) is 114 Å². The Morgan fingerprint density at radius 3 is 1.08 bits per heavy atom. The number of carbonyl (C=O) groups excluding carboxylic acids is 12. The van der Waals surface area contributed by atoms with Crippen molar-refractivity contribution < 1.29 is 97.8 Å². The predicted octanol–water partition coefficient (Wildman–Crippen LogP) is -7.72. The Labute approximate surface area is 528 Å². The van der Waals surface area contributed by atoms with Gasteiger partial charge in [0, 0.05) is 6.42 Å². The molecule has 23 N–H and O–H groups in total. The van der Waals surface area contributed by atoms with Crippen LogP contribution in [0.2, 0.25) is 0 Å². The summed E-state index contributed by atoms with van der Waals surface area (Å²) in [6.45, 7) is 3.04. The quantitative estimate of drug-likeness (QED) is 0.0252. The molecule has 0 rings (SSSR count). The summed E-state index contributed by atoms with van der Waals surface area (Å²) in [5, 5.41) is 85.3. The monoisotopic (exact) mass is 1330 g/mol. The zero-order valence-electron chi connectivity index (χ0n) is 51.0. The molecule has 0 aromatic carbocycles. The van der Waals surface area contributed by atoms with Crippen LogP contribution >= 0.6 is 35.3 Å². The number of unbranched alkanes of at least 4 members (excludes halogenated alkanes) is 1. The SMILES string of the molecule is CSCC[C@H](NC(=O)[C@H](CC(C)C)NC(=O)[C@H](CCC(=O)O)NC(=O)[C@H](CCSC)NC(=O)[C@H](CC(N)=O)NC(=O)[C@@H](NC(=O)[C@H](CCSC)NC(=O)[C@H](CO)NC(=O)[C@H](C)N)[C@@H](C)O)C(=O)N[C@@H](CO)C(=O)N[C@@H](CO)C(=O)N[C@@H](CCCCN)C(=O)O.